The highest BCUT2D eigenvalue weighted by molar-refractivity contribution is 9.10. The van der Waals surface area contributed by atoms with Crippen LogP contribution in [0.15, 0.2) is 22.7 Å². The molecule has 104 valence electrons. The van der Waals surface area contributed by atoms with Crippen LogP contribution in [0.25, 0.3) is 0 Å². The molecule has 1 aromatic carbocycles. The molecule has 1 aromatic rings. The number of non-ortho nitro benzene ring substituents is 1. The molecule has 0 saturated carbocycles. The molecule has 8 heteroatoms. The normalized spacial score (nSPS) is 19.0. The Kier molecular flexibility index (Phi) is 4.10. The Balaban J connectivity index is 2.06. The number of benzene rings is 1. The molecule has 1 N–H and O–H groups in total. The topological polar surface area (TPSA) is 89.3 Å². The first-order chi connectivity index (χ1) is 8.87. The summed E-state index contributed by atoms with van der Waals surface area (Å²) in [5, 5.41) is 13.8. The third kappa shape index (κ3) is 3.66. The molecule has 0 radical (unpaired) electrons. The predicted molar refractivity (Wildman–Crippen MR) is 76.1 cm³/mol. The lowest BCUT2D eigenvalue weighted by Crippen LogP contribution is -2.32. The van der Waals surface area contributed by atoms with E-state index >= 15 is 0 Å². The highest BCUT2D eigenvalue weighted by Gasteiger charge is 2.24. The van der Waals surface area contributed by atoms with E-state index in [1.165, 1.54) is 12.1 Å². The number of rotatable bonds is 3. The molecular formula is C11H13BrN2O4S. The van der Waals surface area contributed by atoms with Crippen molar-refractivity contribution in [1.82, 2.24) is 0 Å². The third-order valence-corrected chi connectivity index (χ3v) is 5.45. The van der Waals surface area contributed by atoms with Gasteiger partial charge in [-0.1, -0.05) is 0 Å². The molecule has 1 heterocycles. The fourth-order valence-corrected chi connectivity index (χ4v) is 3.96. The molecule has 0 atom stereocenters. The highest BCUT2D eigenvalue weighted by Crippen LogP contribution is 2.29. The van der Waals surface area contributed by atoms with E-state index in [9.17, 15) is 18.5 Å². The predicted octanol–water partition coefficient (Wildman–Crippen LogP) is 2.35. The minimum atomic E-state index is -2.88. The van der Waals surface area contributed by atoms with Crippen molar-refractivity contribution >= 4 is 37.1 Å². The summed E-state index contributed by atoms with van der Waals surface area (Å²) in [4.78, 5) is 10.2. The summed E-state index contributed by atoms with van der Waals surface area (Å²) in [5.41, 5.74) is 0.763. The van der Waals surface area contributed by atoms with Gasteiger partial charge < -0.3 is 5.32 Å². The summed E-state index contributed by atoms with van der Waals surface area (Å²) in [7, 11) is -2.88. The SMILES string of the molecule is O=[N+]([O-])c1ccc(NC2CCS(=O)(=O)CC2)c(Br)c1. The van der Waals surface area contributed by atoms with E-state index in [0.717, 1.165) is 5.69 Å². The number of anilines is 1. The van der Waals surface area contributed by atoms with Crippen molar-refractivity contribution in [3.63, 3.8) is 0 Å². The van der Waals surface area contributed by atoms with Crippen LogP contribution in [0.5, 0.6) is 0 Å². The standard InChI is InChI=1S/C11H13BrN2O4S/c12-10-7-9(14(15)16)1-2-11(10)13-8-3-5-19(17,18)6-4-8/h1-2,7-8,13H,3-6H2. The van der Waals surface area contributed by atoms with E-state index in [2.05, 4.69) is 21.2 Å². The van der Waals surface area contributed by atoms with Gasteiger partial charge >= 0.3 is 0 Å². The molecule has 1 aliphatic rings. The van der Waals surface area contributed by atoms with Gasteiger partial charge in [0.1, 0.15) is 9.84 Å². The summed E-state index contributed by atoms with van der Waals surface area (Å²) in [6.07, 6.45) is 1.12. The zero-order chi connectivity index (χ0) is 14.0. The Bertz CT molecular complexity index is 589. The van der Waals surface area contributed by atoms with Crippen molar-refractivity contribution in [2.45, 2.75) is 18.9 Å². The lowest BCUT2D eigenvalue weighted by atomic mass is 10.1. The van der Waals surface area contributed by atoms with Gasteiger partial charge in [0.05, 0.1) is 16.4 Å². The average Bonchev–Trinajstić information content (AvgIpc) is 2.34. The molecule has 0 aliphatic carbocycles. The van der Waals surface area contributed by atoms with Crippen molar-refractivity contribution < 1.29 is 13.3 Å². The molecule has 0 unspecified atom stereocenters. The molecule has 19 heavy (non-hydrogen) atoms. The fraction of sp³-hybridized carbons (Fsp3) is 0.455. The summed E-state index contributed by atoms with van der Waals surface area (Å²) in [6.45, 7) is 0. The first-order valence-corrected chi connectivity index (χ1v) is 8.40. The van der Waals surface area contributed by atoms with Crippen molar-refractivity contribution in [1.29, 1.82) is 0 Å². The third-order valence-electron chi connectivity index (χ3n) is 3.08. The maximum Gasteiger partial charge on any atom is 0.270 e. The number of hydrogen-bond acceptors (Lipinski definition) is 5. The number of nitrogens with one attached hydrogen (secondary N) is 1. The Morgan fingerprint density at radius 3 is 2.47 bits per heavy atom. The van der Waals surface area contributed by atoms with Gasteiger partial charge in [-0.25, -0.2) is 8.42 Å². The minimum absolute atomic E-state index is 0.0173. The van der Waals surface area contributed by atoms with Crippen molar-refractivity contribution in [3.05, 3.63) is 32.8 Å². The molecular weight excluding hydrogens is 336 g/mol. The van der Waals surface area contributed by atoms with Crippen LogP contribution in [0, 0.1) is 10.1 Å². The monoisotopic (exact) mass is 348 g/mol. The molecule has 6 nitrogen and oxygen atoms in total. The Labute approximate surface area is 119 Å². The summed E-state index contributed by atoms with van der Waals surface area (Å²) in [5.74, 6) is 0.379. The molecule has 0 bridgehead atoms. The maximum atomic E-state index is 11.3. The van der Waals surface area contributed by atoms with E-state index in [1.54, 1.807) is 6.07 Å². The van der Waals surface area contributed by atoms with E-state index < -0.39 is 14.8 Å². The van der Waals surface area contributed by atoms with Gasteiger partial charge in [0.25, 0.3) is 5.69 Å². The molecule has 0 aromatic heterocycles. The van der Waals surface area contributed by atoms with E-state index in [0.29, 0.717) is 17.3 Å². The first kappa shape index (κ1) is 14.3. The van der Waals surface area contributed by atoms with E-state index in [4.69, 9.17) is 0 Å². The number of hydrogen-bond donors (Lipinski definition) is 1. The van der Waals surface area contributed by atoms with Crippen molar-refractivity contribution in [2.75, 3.05) is 16.8 Å². The summed E-state index contributed by atoms with van der Waals surface area (Å²) >= 11 is 3.28. The fourth-order valence-electron chi connectivity index (χ4n) is 1.99. The maximum absolute atomic E-state index is 11.3. The summed E-state index contributed by atoms with van der Waals surface area (Å²) < 4.78 is 23.3. The zero-order valence-corrected chi connectivity index (χ0v) is 12.4. The van der Waals surface area contributed by atoms with Crippen LogP contribution in [0.2, 0.25) is 0 Å². The number of halogens is 1. The van der Waals surface area contributed by atoms with Crippen LogP contribution in [-0.2, 0) is 9.84 Å². The molecule has 1 aliphatic heterocycles. The summed E-state index contributed by atoms with van der Waals surface area (Å²) in [6, 6.07) is 4.57. The number of nitrogens with zero attached hydrogens (tertiary/aromatic N) is 1. The first-order valence-electron chi connectivity index (χ1n) is 5.78. The van der Waals surface area contributed by atoms with Gasteiger partial charge in [-0.3, -0.25) is 10.1 Å². The number of nitro groups is 1. The largest absolute Gasteiger partial charge is 0.381 e. The van der Waals surface area contributed by atoms with Crippen molar-refractivity contribution in [3.8, 4) is 0 Å². The highest BCUT2D eigenvalue weighted by atomic mass is 79.9. The second-order valence-corrected chi connectivity index (χ2v) is 7.65. The average molecular weight is 349 g/mol. The Morgan fingerprint density at radius 2 is 1.95 bits per heavy atom. The second kappa shape index (κ2) is 5.46. The lowest BCUT2D eigenvalue weighted by Gasteiger charge is -2.24. The van der Waals surface area contributed by atoms with Gasteiger partial charge in [-0.15, -0.1) is 0 Å². The molecule has 1 fully saturated rings. The molecule has 0 spiro atoms. The van der Waals surface area contributed by atoms with Crippen LogP contribution in [-0.4, -0.2) is 30.9 Å². The van der Waals surface area contributed by atoms with Crippen molar-refractivity contribution in [2.24, 2.45) is 0 Å². The van der Waals surface area contributed by atoms with Crippen LogP contribution in [0.4, 0.5) is 11.4 Å². The quantitative estimate of drug-likeness (QED) is 0.668. The van der Waals surface area contributed by atoms with E-state index in [-0.39, 0.29) is 23.2 Å². The number of nitro benzene ring substituents is 1. The molecule has 1 saturated heterocycles. The van der Waals surface area contributed by atoms with Gasteiger partial charge in [0.2, 0.25) is 0 Å². The van der Waals surface area contributed by atoms with Crippen LogP contribution < -0.4 is 5.32 Å². The second-order valence-electron chi connectivity index (χ2n) is 4.49. The molecule has 0 amide bonds. The van der Waals surface area contributed by atoms with E-state index in [1.807, 2.05) is 0 Å². The minimum Gasteiger partial charge on any atom is -0.381 e. The van der Waals surface area contributed by atoms with Gasteiger partial charge in [0.15, 0.2) is 0 Å². The van der Waals surface area contributed by atoms with Crippen LogP contribution in [0.3, 0.4) is 0 Å². The Morgan fingerprint density at radius 1 is 1.32 bits per heavy atom. The van der Waals surface area contributed by atoms with Gasteiger partial charge in [-0.2, -0.15) is 0 Å². The smallest absolute Gasteiger partial charge is 0.270 e. The number of sulfone groups is 1. The Hall–Kier alpha value is -1.15. The van der Waals surface area contributed by atoms with Gasteiger partial charge in [0, 0.05) is 28.3 Å². The van der Waals surface area contributed by atoms with Gasteiger partial charge in [-0.05, 0) is 34.8 Å². The zero-order valence-electron chi connectivity index (χ0n) is 10.0. The van der Waals surface area contributed by atoms with Crippen LogP contribution in [0.1, 0.15) is 12.8 Å². The lowest BCUT2D eigenvalue weighted by molar-refractivity contribution is -0.384. The van der Waals surface area contributed by atoms with Crippen LogP contribution >= 0.6 is 15.9 Å². The molecule has 2 rings (SSSR count).